The first-order valence-electron chi connectivity index (χ1n) is 5.90. The Morgan fingerprint density at radius 1 is 1.40 bits per heavy atom. The summed E-state index contributed by atoms with van der Waals surface area (Å²) in [5, 5.41) is 18.7. The minimum atomic E-state index is -0.248. The predicted octanol–water partition coefficient (Wildman–Crippen LogP) is -0.160. The molecule has 2 fully saturated rings. The van der Waals surface area contributed by atoms with Crippen molar-refractivity contribution in [3.05, 3.63) is 0 Å². The molecule has 0 spiro atoms. The molecule has 0 bridgehead atoms. The molecule has 3 atom stereocenters. The zero-order valence-corrected chi connectivity index (χ0v) is 9.14. The summed E-state index contributed by atoms with van der Waals surface area (Å²) >= 11 is 0. The number of rotatable bonds is 4. The lowest BCUT2D eigenvalue weighted by Crippen LogP contribution is -2.34. The highest BCUT2D eigenvalue weighted by Crippen LogP contribution is 2.21. The maximum absolute atomic E-state index is 9.52. The molecule has 0 aliphatic carbocycles. The van der Waals surface area contributed by atoms with E-state index in [4.69, 9.17) is 9.84 Å². The fraction of sp³-hybridized carbons (Fsp3) is 1.00. The Kier molecular flexibility index (Phi) is 3.97. The fourth-order valence-electron chi connectivity index (χ4n) is 2.58. The van der Waals surface area contributed by atoms with Gasteiger partial charge in [-0.05, 0) is 31.7 Å². The first-order valence-corrected chi connectivity index (χ1v) is 5.90. The molecule has 15 heavy (non-hydrogen) atoms. The van der Waals surface area contributed by atoms with Gasteiger partial charge in [-0.3, -0.25) is 4.90 Å². The van der Waals surface area contributed by atoms with Gasteiger partial charge in [0.1, 0.15) is 0 Å². The van der Waals surface area contributed by atoms with Crippen LogP contribution in [0.15, 0.2) is 0 Å². The van der Waals surface area contributed by atoms with E-state index in [9.17, 15) is 5.11 Å². The van der Waals surface area contributed by atoms with Crippen LogP contribution in [-0.4, -0.2) is 60.2 Å². The highest BCUT2D eigenvalue weighted by molar-refractivity contribution is 4.85. The van der Waals surface area contributed by atoms with Gasteiger partial charge in [-0.15, -0.1) is 0 Å². The van der Waals surface area contributed by atoms with Gasteiger partial charge in [0.2, 0.25) is 0 Å². The van der Waals surface area contributed by atoms with Crippen molar-refractivity contribution in [1.82, 2.24) is 4.90 Å². The van der Waals surface area contributed by atoms with Crippen LogP contribution in [0.3, 0.4) is 0 Å². The minimum absolute atomic E-state index is 0.165. The van der Waals surface area contributed by atoms with Crippen LogP contribution in [0.25, 0.3) is 0 Å². The topological polar surface area (TPSA) is 52.9 Å². The standard InChI is InChI=1S/C11H21NO3/c13-7-10-5-11(14)6-12(10)3-1-9-2-4-15-8-9/h9-11,13-14H,1-8H2/t9?,10-,11-/m0/s1. The maximum Gasteiger partial charge on any atom is 0.0683 e. The molecule has 1 unspecified atom stereocenters. The number of likely N-dealkylation sites (tertiary alicyclic amines) is 1. The zero-order chi connectivity index (χ0) is 10.7. The second-order valence-corrected chi connectivity index (χ2v) is 4.74. The molecule has 4 nitrogen and oxygen atoms in total. The van der Waals surface area contributed by atoms with Crippen molar-refractivity contribution in [1.29, 1.82) is 0 Å². The van der Waals surface area contributed by atoms with Crippen LogP contribution >= 0.6 is 0 Å². The average Bonchev–Trinajstić information content (AvgIpc) is 2.83. The van der Waals surface area contributed by atoms with E-state index in [-0.39, 0.29) is 18.8 Å². The highest BCUT2D eigenvalue weighted by Gasteiger charge is 2.30. The average molecular weight is 215 g/mol. The summed E-state index contributed by atoms with van der Waals surface area (Å²) in [4.78, 5) is 2.21. The van der Waals surface area contributed by atoms with E-state index >= 15 is 0 Å². The van der Waals surface area contributed by atoms with Crippen LogP contribution in [0.2, 0.25) is 0 Å². The number of ether oxygens (including phenoxy) is 1. The van der Waals surface area contributed by atoms with Gasteiger partial charge < -0.3 is 14.9 Å². The van der Waals surface area contributed by atoms with Crippen LogP contribution in [0.1, 0.15) is 19.3 Å². The Labute approximate surface area is 90.8 Å². The Morgan fingerprint density at radius 3 is 2.93 bits per heavy atom. The first kappa shape index (κ1) is 11.3. The molecule has 0 radical (unpaired) electrons. The van der Waals surface area contributed by atoms with Crippen LogP contribution in [-0.2, 0) is 4.74 Å². The van der Waals surface area contributed by atoms with Crippen molar-refractivity contribution in [3.8, 4) is 0 Å². The van der Waals surface area contributed by atoms with E-state index in [0.717, 1.165) is 39.1 Å². The third kappa shape index (κ3) is 2.91. The number of hydrogen-bond donors (Lipinski definition) is 2. The van der Waals surface area contributed by atoms with Crippen molar-refractivity contribution in [3.63, 3.8) is 0 Å². The number of β-amino-alcohol motifs (C(OH)–C–C–N with tert-alkyl or cyclic N) is 1. The minimum Gasteiger partial charge on any atom is -0.395 e. The van der Waals surface area contributed by atoms with E-state index in [2.05, 4.69) is 4.90 Å². The monoisotopic (exact) mass is 215 g/mol. The molecular weight excluding hydrogens is 194 g/mol. The molecule has 2 rings (SSSR count). The van der Waals surface area contributed by atoms with E-state index in [1.807, 2.05) is 0 Å². The quantitative estimate of drug-likeness (QED) is 0.684. The van der Waals surface area contributed by atoms with E-state index < -0.39 is 0 Å². The van der Waals surface area contributed by atoms with Crippen LogP contribution in [0.4, 0.5) is 0 Å². The number of nitrogens with zero attached hydrogens (tertiary/aromatic N) is 1. The van der Waals surface area contributed by atoms with Gasteiger partial charge in [0.05, 0.1) is 12.7 Å². The SMILES string of the molecule is OC[C@@H]1C[C@H](O)CN1CCC1CCOC1. The van der Waals surface area contributed by atoms with Crippen molar-refractivity contribution in [2.75, 3.05) is 32.9 Å². The lowest BCUT2D eigenvalue weighted by Gasteiger charge is -2.23. The van der Waals surface area contributed by atoms with Gasteiger partial charge in [-0.2, -0.15) is 0 Å². The Morgan fingerprint density at radius 2 is 2.27 bits per heavy atom. The highest BCUT2D eigenvalue weighted by atomic mass is 16.5. The second kappa shape index (κ2) is 5.25. The predicted molar refractivity (Wildman–Crippen MR) is 56.6 cm³/mol. The molecular formula is C11H21NO3. The molecule has 88 valence electrons. The van der Waals surface area contributed by atoms with Crippen LogP contribution in [0.5, 0.6) is 0 Å². The van der Waals surface area contributed by atoms with Gasteiger partial charge >= 0.3 is 0 Å². The largest absolute Gasteiger partial charge is 0.395 e. The molecule has 2 aliphatic rings. The molecule has 0 aromatic carbocycles. The number of aliphatic hydroxyl groups is 2. The normalized spacial score (nSPS) is 37.6. The molecule has 2 aliphatic heterocycles. The Balaban J connectivity index is 1.73. The summed E-state index contributed by atoms with van der Waals surface area (Å²) in [5.74, 6) is 0.682. The first-order chi connectivity index (χ1) is 7.29. The zero-order valence-electron chi connectivity index (χ0n) is 9.14. The second-order valence-electron chi connectivity index (χ2n) is 4.74. The third-order valence-corrected chi connectivity index (χ3v) is 3.57. The van der Waals surface area contributed by atoms with Crippen molar-refractivity contribution < 1.29 is 14.9 Å². The Hall–Kier alpha value is -0.160. The molecule has 0 aromatic rings. The van der Waals surface area contributed by atoms with Gasteiger partial charge in [-0.25, -0.2) is 0 Å². The number of hydrogen-bond acceptors (Lipinski definition) is 4. The number of aliphatic hydroxyl groups excluding tert-OH is 2. The van der Waals surface area contributed by atoms with Gasteiger partial charge in [-0.1, -0.05) is 0 Å². The molecule has 0 amide bonds. The van der Waals surface area contributed by atoms with E-state index in [0.29, 0.717) is 5.92 Å². The van der Waals surface area contributed by atoms with E-state index in [1.54, 1.807) is 0 Å². The lowest BCUT2D eigenvalue weighted by molar-refractivity contribution is 0.142. The van der Waals surface area contributed by atoms with Crippen molar-refractivity contribution in [2.24, 2.45) is 5.92 Å². The summed E-state index contributed by atoms with van der Waals surface area (Å²) in [6.07, 6.45) is 2.77. The molecule has 2 saturated heterocycles. The van der Waals surface area contributed by atoms with Gasteiger partial charge in [0.25, 0.3) is 0 Å². The summed E-state index contributed by atoms with van der Waals surface area (Å²) in [6, 6.07) is 0.169. The summed E-state index contributed by atoms with van der Waals surface area (Å²) in [7, 11) is 0. The summed E-state index contributed by atoms with van der Waals surface area (Å²) in [6.45, 7) is 3.66. The van der Waals surface area contributed by atoms with Crippen molar-refractivity contribution >= 4 is 0 Å². The molecule has 4 heteroatoms. The fourth-order valence-corrected chi connectivity index (χ4v) is 2.58. The molecule has 0 aromatic heterocycles. The molecule has 2 heterocycles. The van der Waals surface area contributed by atoms with Crippen molar-refractivity contribution in [2.45, 2.75) is 31.4 Å². The smallest absolute Gasteiger partial charge is 0.0683 e. The van der Waals surface area contributed by atoms with Gasteiger partial charge in [0.15, 0.2) is 0 Å². The van der Waals surface area contributed by atoms with Gasteiger partial charge in [0, 0.05) is 25.8 Å². The maximum atomic E-state index is 9.52. The summed E-state index contributed by atoms with van der Waals surface area (Å²) < 4.78 is 5.33. The third-order valence-electron chi connectivity index (χ3n) is 3.57. The van der Waals surface area contributed by atoms with E-state index in [1.165, 1.54) is 6.42 Å². The Bertz CT molecular complexity index is 194. The molecule has 2 N–H and O–H groups in total. The summed E-state index contributed by atoms with van der Waals surface area (Å²) in [5.41, 5.74) is 0. The van der Waals surface area contributed by atoms with Crippen LogP contribution in [0, 0.1) is 5.92 Å². The van der Waals surface area contributed by atoms with Crippen LogP contribution < -0.4 is 0 Å². The lowest BCUT2D eigenvalue weighted by atomic mass is 10.0. The molecule has 0 saturated carbocycles.